The summed E-state index contributed by atoms with van der Waals surface area (Å²) in [5.74, 6) is 0.890. The highest BCUT2D eigenvalue weighted by Crippen LogP contribution is 2.25. The molecular formula is C11H15N3O. The van der Waals surface area contributed by atoms with Gasteiger partial charge in [-0.3, -0.25) is 4.68 Å². The summed E-state index contributed by atoms with van der Waals surface area (Å²) < 4.78 is 7.18. The Labute approximate surface area is 88.6 Å². The van der Waals surface area contributed by atoms with E-state index in [0.29, 0.717) is 6.54 Å². The predicted molar refractivity (Wildman–Crippen MR) is 60.0 cm³/mol. The lowest BCUT2D eigenvalue weighted by atomic mass is 10.1. The SMILES string of the molecule is COc1cc2cnn(C)c2cc1CCN. The smallest absolute Gasteiger partial charge is 0.122 e. The van der Waals surface area contributed by atoms with Gasteiger partial charge in [-0.15, -0.1) is 0 Å². The first-order chi connectivity index (χ1) is 7.26. The largest absolute Gasteiger partial charge is 0.496 e. The summed E-state index contributed by atoms with van der Waals surface area (Å²) in [5, 5.41) is 5.29. The van der Waals surface area contributed by atoms with Crippen LogP contribution in [0.2, 0.25) is 0 Å². The predicted octanol–water partition coefficient (Wildman–Crippen LogP) is 1.08. The topological polar surface area (TPSA) is 53.1 Å². The molecule has 2 rings (SSSR count). The normalized spacial score (nSPS) is 10.9. The van der Waals surface area contributed by atoms with E-state index in [1.807, 2.05) is 24.0 Å². The number of hydrogen-bond donors (Lipinski definition) is 1. The fourth-order valence-electron chi connectivity index (χ4n) is 1.76. The molecule has 0 unspecified atom stereocenters. The molecule has 0 atom stereocenters. The summed E-state index contributed by atoms with van der Waals surface area (Å²) in [5.41, 5.74) is 7.81. The van der Waals surface area contributed by atoms with Gasteiger partial charge in [0.05, 0.1) is 18.8 Å². The zero-order valence-corrected chi connectivity index (χ0v) is 9.03. The van der Waals surface area contributed by atoms with E-state index in [0.717, 1.165) is 28.6 Å². The Hall–Kier alpha value is -1.55. The zero-order valence-electron chi connectivity index (χ0n) is 9.03. The van der Waals surface area contributed by atoms with E-state index >= 15 is 0 Å². The number of nitrogens with zero attached hydrogens (tertiary/aromatic N) is 2. The molecule has 2 aromatic rings. The third-order valence-electron chi connectivity index (χ3n) is 2.56. The van der Waals surface area contributed by atoms with Crippen molar-refractivity contribution in [3.63, 3.8) is 0 Å². The number of ether oxygens (including phenoxy) is 1. The summed E-state index contributed by atoms with van der Waals surface area (Å²) in [6.07, 6.45) is 2.66. The lowest BCUT2D eigenvalue weighted by Gasteiger charge is -2.08. The van der Waals surface area contributed by atoms with Gasteiger partial charge in [-0.25, -0.2) is 0 Å². The van der Waals surface area contributed by atoms with Crippen LogP contribution >= 0.6 is 0 Å². The maximum absolute atomic E-state index is 5.56. The molecular weight excluding hydrogens is 190 g/mol. The minimum absolute atomic E-state index is 0.625. The number of hydrogen-bond acceptors (Lipinski definition) is 3. The van der Waals surface area contributed by atoms with Crippen molar-refractivity contribution in [3.05, 3.63) is 23.9 Å². The Kier molecular flexibility index (Phi) is 2.60. The van der Waals surface area contributed by atoms with E-state index in [2.05, 4.69) is 11.2 Å². The minimum Gasteiger partial charge on any atom is -0.496 e. The molecule has 0 aliphatic heterocycles. The van der Waals surface area contributed by atoms with Gasteiger partial charge >= 0.3 is 0 Å². The van der Waals surface area contributed by atoms with Gasteiger partial charge in [0.2, 0.25) is 0 Å². The van der Waals surface area contributed by atoms with Crippen molar-refractivity contribution in [1.29, 1.82) is 0 Å². The van der Waals surface area contributed by atoms with E-state index in [4.69, 9.17) is 10.5 Å². The number of benzene rings is 1. The van der Waals surface area contributed by atoms with Crippen LogP contribution in [0.5, 0.6) is 5.75 Å². The van der Waals surface area contributed by atoms with Crippen LogP contribution in [0, 0.1) is 0 Å². The molecule has 15 heavy (non-hydrogen) atoms. The first kappa shape index (κ1) is 9.98. The van der Waals surface area contributed by atoms with Gasteiger partial charge in [0, 0.05) is 12.4 Å². The average Bonchev–Trinajstić information content (AvgIpc) is 2.60. The van der Waals surface area contributed by atoms with Crippen molar-refractivity contribution >= 4 is 10.9 Å². The molecule has 0 saturated heterocycles. The Balaban J connectivity index is 2.60. The van der Waals surface area contributed by atoms with Crippen LogP contribution in [-0.4, -0.2) is 23.4 Å². The molecule has 0 aliphatic rings. The molecule has 80 valence electrons. The van der Waals surface area contributed by atoms with Crippen LogP contribution in [-0.2, 0) is 13.5 Å². The van der Waals surface area contributed by atoms with Crippen LogP contribution in [0.1, 0.15) is 5.56 Å². The van der Waals surface area contributed by atoms with Gasteiger partial charge in [0.15, 0.2) is 0 Å². The summed E-state index contributed by atoms with van der Waals surface area (Å²) >= 11 is 0. The molecule has 4 heteroatoms. The van der Waals surface area contributed by atoms with Gasteiger partial charge in [-0.2, -0.15) is 5.10 Å². The Morgan fingerprint density at radius 3 is 2.93 bits per heavy atom. The molecule has 0 fully saturated rings. The average molecular weight is 205 g/mol. The highest BCUT2D eigenvalue weighted by Gasteiger charge is 2.07. The lowest BCUT2D eigenvalue weighted by Crippen LogP contribution is -2.04. The number of methoxy groups -OCH3 is 1. The summed E-state index contributed by atoms with van der Waals surface area (Å²) in [4.78, 5) is 0. The second kappa shape index (κ2) is 3.90. The highest BCUT2D eigenvalue weighted by atomic mass is 16.5. The molecule has 1 aromatic heterocycles. The van der Waals surface area contributed by atoms with E-state index in [1.165, 1.54) is 0 Å². The van der Waals surface area contributed by atoms with E-state index in [9.17, 15) is 0 Å². The molecule has 2 N–H and O–H groups in total. The number of fused-ring (bicyclic) bond motifs is 1. The standard InChI is InChI=1S/C11H15N3O/c1-14-10-5-8(3-4-12)11(15-2)6-9(10)7-13-14/h5-7H,3-4,12H2,1-2H3. The third-order valence-corrected chi connectivity index (χ3v) is 2.56. The van der Waals surface area contributed by atoms with Crippen molar-refractivity contribution in [2.75, 3.05) is 13.7 Å². The van der Waals surface area contributed by atoms with Crippen LogP contribution in [0.4, 0.5) is 0 Å². The van der Waals surface area contributed by atoms with Gasteiger partial charge in [0.25, 0.3) is 0 Å². The fourth-order valence-corrected chi connectivity index (χ4v) is 1.76. The van der Waals surface area contributed by atoms with Gasteiger partial charge in [-0.05, 0) is 30.7 Å². The first-order valence-corrected chi connectivity index (χ1v) is 4.95. The fraction of sp³-hybridized carbons (Fsp3) is 0.364. The quantitative estimate of drug-likeness (QED) is 0.815. The molecule has 0 spiro atoms. The van der Waals surface area contributed by atoms with Crippen LogP contribution < -0.4 is 10.5 Å². The van der Waals surface area contributed by atoms with E-state index < -0.39 is 0 Å². The zero-order chi connectivity index (χ0) is 10.8. The van der Waals surface area contributed by atoms with Crippen LogP contribution in [0.15, 0.2) is 18.3 Å². The number of rotatable bonds is 3. The molecule has 1 heterocycles. The summed E-state index contributed by atoms with van der Waals surface area (Å²) in [6.45, 7) is 0.625. The molecule has 0 aliphatic carbocycles. The monoisotopic (exact) mass is 205 g/mol. The second-order valence-electron chi connectivity index (χ2n) is 3.53. The van der Waals surface area contributed by atoms with Crippen molar-refractivity contribution in [2.24, 2.45) is 12.8 Å². The van der Waals surface area contributed by atoms with Gasteiger partial charge in [0.1, 0.15) is 5.75 Å². The van der Waals surface area contributed by atoms with Gasteiger partial charge < -0.3 is 10.5 Å². The molecule has 1 aromatic carbocycles. The highest BCUT2D eigenvalue weighted by molar-refractivity contribution is 5.81. The van der Waals surface area contributed by atoms with Crippen molar-refractivity contribution in [2.45, 2.75) is 6.42 Å². The Bertz CT molecular complexity index is 476. The Morgan fingerprint density at radius 2 is 2.27 bits per heavy atom. The molecule has 0 bridgehead atoms. The number of aromatic nitrogens is 2. The third kappa shape index (κ3) is 1.68. The van der Waals surface area contributed by atoms with Gasteiger partial charge in [-0.1, -0.05) is 0 Å². The van der Waals surface area contributed by atoms with Crippen LogP contribution in [0.3, 0.4) is 0 Å². The minimum atomic E-state index is 0.625. The second-order valence-corrected chi connectivity index (χ2v) is 3.53. The van der Waals surface area contributed by atoms with Crippen molar-refractivity contribution in [1.82, 2.24) is 9.78 Å². The van der Waals surface area contributed by atoms with Crippen molar-refractivity contribution in [3.8, 4) is 5.75 Å². The van der Waals surface area contributed by atoms with Crippen molar-refractivity contribution < 1.29 is 4.74 Å². The molecule has 0 saturated carbocycles. The first-order valence-electron chi connectivity index (χ1n) is 4.95. The Morgan fingerprint density at radius 1 is 1.47 bits per heavy atom. The maximum Gasteiger partial charge on any atom is 0.122 e. The lowest BCUT2D eigenvalue weighted by molar-refractivity contribution is 0.410. The van der Waals surface area contributed by atoms with E-state index in [1.54, 1.807) is 7.11 Å². The molecule has 4 nitrogen and oxygen atoms in total. The summed E-state index contributed by atoms with van der Waals surface area (Å²) in [6, 6.07) is 4.10. The summed E-state index contributed by atoms with van der Waals surface area (Å²) in [7, 11) is 3.61. The van der Waals surface area contributed by atoms with E-state index in [-0.39, 0.29) is 0 Å². The van der Waals surface area contributed by atoms with Crippen LogP contribution in [0.25, 0.3) is 10.9 Å². The molecule has 0 amide bonds. The molecule has 0 radical (unpaired) electrons. The number of aryl methyl sites for hydroxylation is 1. The number of nitrogens with two attached hydrogens (primary N) is 1. The maximum atomic E-state index is 5.56.